The van der Waals surface area contributed by atoms with E-state index in [1.54, 1.807) is 6.92 Å². The molecule has 0 rings (SSSR count). The van der Waals surface area contributed by atoms with Crippen molar-refractivity contribution in [3.05, 3.63) is 12.7 Å². The van der Waals surface area contributed by atoms with Crippen LogP contribution in [0, 0.1) is 0 Å². The Labute approximate surface area is 151 Å². The third kappa shape index (κ3) is 6.70. The lowest BCUT2D eigenvalue weighted by molar-refractivity contribution is -0.355. The van der Waals surface area contributed by atoms with Gasteiger partial charge in [-0.05, 0) is 6.42 Å². The van der Waals surface area contributed by atoms with Gasteiger partial charge in [0.2, 0.25) is 0 Å². The maximum atomic E-state index is 13.4. The van der Waals surface area contributed by atoms with Crippen molar-refractivity contribution in [2.75, 3.05) is 13.2 Å². The molecule has 0 aromatic carbocycles. The van der Waals surface area contributed by atoms with Crippen LogP contribution < -0.4 is 0 Å². The van der Waals surface area contributed by atoms with E-state index in [-0.39, 0.29) is 12.5 Å². The minimum absolute atomic E-state index is 0.127. The number of unbranched alkanes of at least 4 members (excludes halogenated alkanes) is 1. The van der Waals surface area contributed by atoms with E-state index in [2.05, 4.69) is 20.8 Å². The van der Waals surface area contributed by atoms with Crippen LogP contribution >= 0.6 is 0 Å². The average Bonchev–Trinajstić information content (AvgIpc) is 2.51. The number of esters is 2. The highest BCUT2D eigenvalue weighted by Crippen LogP contribution is 2.37. The van der Waals surface area contributed by atoms with E-state index in [0.717, 1.165) is 0 Å². The molecule has 0 aliphatic carbocycles. The summed E-state index contributed by atoms with van der Waals surface area (Å²) < 4.78 is 110. The first kappa shape index (κ1) is 25.2. The van der Waals surface area contributed by atoms with Gasteiger partial charge in [-0.2, -0.15) is 22.0 Å². The van der Waals surface area contributed by atoms with Crippen LogP contribution in [0.25, 0.3) is 0 Å². The molecule has 8 nitrogen and oxygen atoms in total. The fourth-order valence-corrected chi connectivity index (χ4v) is 1.74. The number of carbonyl (C=O) groups excluding carboxylic acids is 2. The van der Waals surface area contributed by atoms with E-state index in [9.17, 15) is 44.5 Å². The van der Waals surface area contributed by atoms with Gasteiger partial charge in [-0.15, -0.1) is 0 Å². The molecule has 0 radical (unpaired) electrons. The molecule has 0 spiro atoms. The molecule has 14 heteroatoms. The van der Waals surface area contributed by atoms with Crippen molar-refractivity contribution in [3.63, 3.8) is 0 Å². The van der Waals surface area contributed by atoms with Crippen molar-refractivity contribution < 1.29 is 58.7 Å². The van der Waals surface area contributed by atoms with E-state index >= 15 is 0 Å². The molecule has 0 aromatic heterocycles. The summed E-state index contributed by atoms with van der Waals surface area (Å²) in [6.45, 7) is 2.11. The molecule has 0 fully saturated rings. The van der Waals surface area contributed by atoms with Gasteiger partial charge in [-0.25, -0.2) is 18.0 Å². The van der Waals surface area contributed by atoms with Gasteiger partial charge in [0.25, 0.3) is 0 Å². The number of rotatable bonds is 11. The molecule has 1 atom stereocenters. The second-order valence-corrected chi connectivity index (χ2v) is 6.42. The third-order valence-corrected chi connectivity index (χ3v) is 3.78. The first-order valence-electron chi connectivity index (χ1n) is 7.21. The summed E-state index contributed by atoms with van der Waals surface area (Å²) in [5.74, 6) is -8.52. The van der Waals surface area contributed by atoms with Crippen LogP contribution in [0.15, 0.2) is 12.7 Å². The van der Waals surface area contributed by atoms with Gasteiger partial charge < -0.3 is 18.8 Å². The molecule has 27 heavy (non-hydrogen) atoms. The van der Waals surface area contributed by atoms with Crippen LogP contribution in [0.1, 0.15) is 26.2 Å². The van der Waals surface area contributed by atoms with Crippen molar-refractivity contribution in [2.45, 2.75) is 43.4 Å². The second-order valence-electron chi connectivity index (χ2n) is 4.92. The van der Waals surface area contributed by atoms with Crippen LogP contribution in [-0.4, -0.2) is 55.3 Å². The first-order valence-corrected chi connectivity index (χ1v) is 8.62. The van der Waals surface area contributed by atoms with E-state index in [1.165, 1.54) is 0 Å². The standard InChI is InChI=1S/C13H17F5O8S/c1-3-5-7-24-10(20)12(13(16,17)18,26-9(19)4-2)25-8-6-11(14,15)27(21,22)23/h4H,2-3,5-8H2,1H3,(H,21,22,23)/p-1. The number of carbonyl (C=O) groups is 2. The van der Waals surface area contributed by atoms with Crippen LogP contribution in [0.3, 0.4) is 0 Å². The Morgan fingerprint density at radius 2 is 1.70 bits per heavy atom. The Hall–Kier alpha value is -1.80. The lowest BCUT2D eigenvalue weighted by atomic mass is 10.2. The van der Waals surface area contributed by atoms with Gasteiger partial charge >= 0.3 is 29.2 Å². The monoisotopic (exact) mass is 427 g/mol. The summed E-state index contributed by atoms with van der Waals surface area (Å²) in [7, 11) is -6.21. The second kappa shape index (κ2) is 9.41. The zero-order chi connectivity index (χ0) is 21.5. The Morgan fingerprint density at radius 3 is 2.11 bits per heavy atom. The molecule has 0 saturated carbocycles. The average molecular weight is 427 g/mol. The van der Waals surface area contributed by atoms with Gasteiger partial charge in [0.15, 0.2) is 10.1 Å². The largest absolute Gasteiger partial charge is 0.743 e. The predicted molar refractivity (Wildman–Crippen MR) is 76.2 cm³/mol. The molecule has 0 bridgehead atoms. The minimum atomic E-state index is -6.21. The Kier molecular flexibility index (Phi) is 8.79. The lowest BCUT2D eigenvalue weighted by Gasteiger charge is -2.32. The molecule has 0 aliphatic heterocycles. The topological polar surface area (TPSA) is 119 Å². The normalized spacial score (nSPS) is 14.9. The molecule has 1 unspecified atom stereocenters. The van der Waals surface area contributed by atoms with Crippen molar-refractivity contribution >= 4 is 22.1 Å². The third-order valence-electron chi connectivity index (χ3n) is 2.85. The zero-order valence-corrected chi connectivity index (χ0v) is 14.7. The number of ether oxygens (including phenoxy) is 3. The summed E-state index contributed by atoms with van der Waals surface area (Å²) in [6, 6.07) is 0. The highest BCUT2D eigenvalue weighted by Gasteiger charge is 2.67. The quantitative estimate of drug-likeness (QED) is 0.122. The smallest absolute Gasteiger partial charge is 0.468 e. The van der Waals surface area contributed by atoms with Gasteiger partial charge in [-0.3, -0.25) is 0 Å². The maximum Gasteiger partial charge on any atom is 0.468 e. The van der Waals surface area contributed by atoms with E-state index in [0.29, 0.717) is 6.42 Å². The molecule has 0 N–H and O–H groups in total. The SMILES string of the molecule is C=CC(=O)OC(OCCC(F)(F)S(=O)(=O)[O-])(C(=O)OCCCC)C(F)(F)F. The Morgan fingerprint density at radius 1 is 1.15 bits per heavy atom. The summed E-state index contributed by atoms with van der Waals surface area (Å²) in [5.41, 5.74) is 0. The minimum Gasteiger partial charge on any atom is -0.743 e. The van der Waals surface area contributed by atoms with Crippen molar-refractivity contribution in [1.82, 2.24) is 0 Å². The molecule has 0 heterocycles. The first-order chi connectivity index (χ1) is 12.1. The fourth-order valence-electron chi connectivity index (χ4n) is 1.41. The summed E-state index contributed by atoms with van der Waals surface area (Å²) >= 11 is 0. The molecule has 0 aromatic rings. The molecular formula is C13H16F5O8S-. The van der Waals surface area contributed by atoms with E-state index in [4.69, 9.17) is 0 Å². The van der Waals surface area contributed by atoms with Gasteiger partial charge in [0, 0.05) is 12.5 Å². The highest BCUT2D eigenvalue weighted by atomic mass is 32.2. The van der Waals surface area contributed by atoms with Crippen LogP contribution in [0.2, 0.25) is 0 Å². The van der Waals surface area contributed by atoms with Crippen molar-refractivity contribution in [3.8, 4) is 0 Å². The fraction of sp³-hybridized carbons (Fsp3) is 0.692. The zero-order valence-electron chi connectivity index (χ0n) is 13.9. The lowest BCUT2D eigenvalue weighted by Crippen LogP contribution is -2.58. The number of alkyl halides is 5. The summed E-state index contributed by atoms with van der Waals surface area (Å²) in [4.78, 5) is 23.1. The summed E-state index contributed by atoms with van der Waals surface area (Å²) in [6.07, 6.45) is -7.06. The number of hydrogen-bond donors (Lipinski definition) is 0. The molecule has 0 saturated heterocycles. The number of halogens is 5. The molecule has 158 valence electrons. The van der Waals surface area contributed by atoms with E-state index < -0.39 is 58.9 Å². The molecule has 0 aliphatic rings. The Bertz CT molecular complexity index is 646. The predicted octanol–water partition coefficient (Wildman–Crippen LogP) is 1.86. The van der Waals surface area contributed by atoms with Crippen LogP contribution in [-0.2, 0) is 33.9 Å². The van der Waals surface area contributed by atoms with Crippen molar-refractivity contribution in [1.29, 1.82) is 0 Å². The Balaban J connectivity index is 5.69. The molecular weight excluding hydrogens is 411 g/mol. The van der Waals surface area contributed by atoms with Gasteiger partial charge in [-0.1, -0.05) is 19.9 Å². The highest BCUT2D eigenvalue weighted by molar-refractivity contribution is 7.86. The maximum absolute atomic E-state index is 13.4. The van der Waals surface area contributed by atoms with Gasteiger partial charge in [0.05, 0.1) is 13.2 Å². The van der Waals surface area contributed by atoms with E-state index in [1.807, 2.05) is 0 Å². The van der Waals surface area contributed by atoms with Crippen LogP contribution in [0.5, 0.6) is 0 Å². The number of hydrogen-bond acceptors (Lipinski definition) is 8. The molecule has 0 amide bonds. The summed E-state index contributed by atoms with van der Waals surface area (Å²) in [5, 5.41) is -4.99. The van der Waals surface area contributed by atoms with Crippen molar-refractivity contribution in [2.24, 2.45) is 0 Å². The van der Waals surface area contributed by atoms with Crippen LogP contribution in [0.4, 0.5) is 22.0 Å². The van der Waals surface area contributed by atoms with Gasteiger partial charge in [0.1, 0.15) is 0 Å².